The molecule has 1 aliphatic rings. The molecule has 5 nitrogen and oxygen atoms in total. The topological polar surface area (TPSA) is 51.4 Å². The van der Waals surface area contributed by atoms with Gasteiger partial charge in [0.2, 0.25) is 0 Å². The Bertz CT molecular complexity index is 2690. The minimum atomic E-state index is -3.03. The lowest BCUT2D eigenvalue weighted by Gasteiger charge is -2.44. The average Bonchev–Trinajstić information content (AvgIpc) is 3.60. The molecule has 6 aromatic carbocycles. The molecule has 246 valence electrons. The maximum absolute atomic E-state index is 6.94. The highest BCUT2D eigenvalue weighted by Gasteiger charge is 2.51. The fourth-order valence-electron chi connectivity index (χ4n) is 7.89. The number of fused-ring (bicyclic) bond motifs is 6. The summed E-state index contributed by atoms with van der Waals surface area (Å²) in [6.07, 6.45) is 3.79. The number of nitrogens with zero attached hydrogens (tertiary/aromatic N) is 3. The molecule has 0 saturated carbocycles. The monoisotopic (exact) mass is 685 g/mol. The summed E-state index contributed by atoms with van der Waals surface area (Å²) in [5, 5.41) is 7.02. The summed E-state index contributed by atoms with van der Waals surface area (Å²) >= 11 is 0. The fraction of sp³-hybridized carbons (Fsp3) is 0. The van der Waals surface area contributed by atoms with Crippen molar-refractivity contribution in [3.63, 3.8) is 0 Å². The SMILES string of the molecule is c1ccc([Si]2(c3ccccc3)c3ccccc3N(c3cccc(Oc4cccc(-c5ccccn5)c4)c3)c3ncc4c(oc5ccccc54)c32)cc1. The summed E-state index contributed by atoms with van der Waals surface area (Å²) in [7, 11) is -3.03. The van der Waals surface area contributed by atoms with Crippen LogP contribution in [0.4, 0.5) is 17.2 Å². The second-order valence-corrected chi connectivity index (χ2v) is 16.7. The van der Waals surface area contributed by atoms with E-state index in [0.29, 0.717) is 0 Å². The van der Waals surface area contributed by atoms with Crippen LogP contribution in [0.1, 0.15) is 0 Å². The van der Waals surface area contributed by atoms with Gasteiger partial charge < -0.3 is 9.15 Å². The molecule has 4 heterocycles. The van der Waals surface area contributed by atoms with E-state index in [-0.39, 0.29) is 0 Å². The zero-order valence-corrected chi connectivity index (χ0v) is 29.1. The van der Waals surface area contributed by atoms with Crippen molar-refractivity contribution in [2.24, 2.45) is 0 Å². The van der Waals surface area contributed by atoms with Gasteiger partial charge in [-0.05, 0) is 64.1 Å². The molecule has 0 amide bonds. The third kappa shape index (κ3) is 4.69. The number of hydrogen-bond acceptors (Lipinski definition) is 5. The Hall–Kier alpha value is -6.76. The molecule has 0 spiro atoms. The normalized spacial score (nSPS) is 13.1. The second-order valence-electron chi connectivity index (χ2n) is 13.0. The van der Waals surface area contributed by atoms with Gasteiger partial charge in [-0.3, -0.25) is 9.88 Å². The molecule has 52 heavy (non-hydrogen) atoms. The van der Waals surface area contributed by atoms with Crippen LogP contribution in [0, 0.1) is 0 Å². The van der Waals surface area contributed by atoms with Gasteiger partial charge in [0.05, 0.1) is 11.4 Å². The standard InChI is InChI=1S/C46H31N3O2Si/c1-3-19-36(20-4-1)52(37-21-5-2-6-22-37)43-27-10-8-25-41(43)49(46-45(52)44-39(31-48-46)38-23-7-9-26-42(38)51-44)33-16-14-18-35(30-33)50-34-17-13-15-32(29-34)40-24-11-12-28-47-40/h1-31H. The van der Waals surface area contributed by atoms with Gasteiger partial charge in [0, 0.05) is 45.7 Å². The largest absolute Gasteiger partial charge is 0.457 e. The van der Waals surface area contributed by atoms with Gasteiger partial charge >= 0.3 is 0 Å². The number of pyridine rings is 2. The quantitative estimate of drug-likeness (QED) is 0.164. The lowest BCUT2D eigenvalue weighted by molar-refractivity contribution is 0.483. The van der Waals surface area contributed by atoms with Crippen molar-refractivity contribution in [2.75, 3.05) is 4.90 Å². The van der Waals surface area contributed by atoms with Crippen molar-refractivity contribution in [1.82, 2.24) is 9.97 Å². The third-order valence-corrected chi connectivity index (χ3v) is 14.9. The van der Waals surface area contributed by atoms with Gasteiger partial charge in [0.25, 0.3) is 0 Å². The highest BCUT2D eigenvalue weighted by Crippen LogP contribution is 2.42. The Morgan fingerprint density at radius 3 is 2.04 bits per heavy atom. The number of ether oxygens (including phenoxy) is 1. The first-order valence-electron chi connectivity index (χ1n) is 17.4. The molecule has 3 aromatic heterocycles. The van der Waals surface area contributed by atoms with Crippen LogP contribution < -0.4 is 30.4 Å². The Morgan fingerprint density at radius 2 is 1.25 bits per heavy atom. The van der Waals surface area contributed by atoms with E-state index in [4.69, 9.17) is 14.1 Å². The third-order valence-electron chi connectivity index (χ3n) is 10.1. The minimum Gasteiger partial charge on any atom is -0.457 e. The first-order valence-corrected chi connectivity index (χ1v) is 19.4. The van der Waals surface area contributed by atoms with Crippen LogP contribution in [0.3, 0.4) is 0 Å². The Kier molecular flexibility index (Phi) is 7.08. The molecule has 0 aliphatic carbocycles. The van der Waals surface area contributed by atoms with Crippen LogP contribution in [-0.4, -0.2) is 18.0 Å². The minimum absolute atomic E-state index is 0.722. The number of aromatic nitrogens is 2. The predicted octanol–water partition coefficient (Wildman–Crippen LogP) is 9.00. The van der Waals surface area contributed by atoms with Crippen LogP contribution in [0.15, 0.2) is 193 Å². The van der Waals surface area contributed by atoms with E-state index in [1.807, 2.05) is 72.9 Å². The van der Waals surface area contributed by atoms with Crippen molar-refractivity contribution < 1.29 is 9.15 Å². The van der Waals surface area contributed by atoms with E-state index >= 15 is 0 Å². The Balaban J connectivity index is 1.22. The van der Waals surface area contributed by atoms with Gasteiger partial charge in [0.1, 0.15) is 28.5 Å². The molecule has 0 fully saturated rings. The molecular formula is C46H31N3O2Si. The summed E-state index contributed by atoms with van der Waals surface area (Å²) in [5.74, 6) is 2.32. The molecule has 9 aromatic rings. The molecule has 0 N–H and O–H groups in total. The van der Waals surface area contributed by atoms with Gasteiger partial charge in [0.15, 0.2) is 8.07 Å². The highest BCUT2D eigenvalue weighted by atomic mass is 28.3. The van der Waals surface area contributed by atoms with Crippen molar-refractivity contribution >= 4 is 68.0 Å². The number of rotatable bonds is 6. The highest BCUT2D eigenvalue weighted by molar-refractivity contribution is 7.22. The van der Waals surface area contributed by atoms with Crippen LogP contribution in [-0.2, 0) is 0 Å². The molecule has 0 saturated heterocycles. The zero-order chi connectivity index (χ0) is 34.5. The molecular weight excluding hydrogens is 655 g/mol. The molecule has 0 unspecified atom stereocenters. The van der Waals surface area contributed by atoms with Crippen LogP contribution in [0.2, 0.25) is 0 Å². The predicted molar refractivity (Wildman–Crippen MR) is 213 cm³/mol. The summed E-state index contributed by atoms with van der Waals surface area (Å²) in [4.78, 5) is 12.2. The Labute approximate surface area is 302 Å². The Morgan fingerprint density at radius 1 is 0.558 bits per heavy atom. The van der Waals surface area contributed by atoms with Crippen LogP contribution in [0.25, 0.3) is 33.2 Å². The smallest absolute Gasteiger partial charge is 0.191 e. The van der Waals surface area contributed by atoms with Crippen LogP contribution in [0.5, 0.6) is 11.5 Å². The zero-order valence-electron chi connectivity index (χ0n) is 28.1. The fourth-order valence-corrected chi connectivity index (χ4v) is 13.0. The second kappa shape index (κ2) is 12.2. The van der Waals surface area contributed by atoms with E-state index in [2.05, 4.69) is 119 Å². The van der Waals surface area contributed by atoms with E-state index in [0.717, 1.165) is 67.1 Å². The first-order chi connectivity index (χ1) is 25.8. The summed E-state index contributed by atoms with van der Waals surface area (Å²) in [5.41, 5.74) is 5.66. The van der Waals surface area contributed by atoms with Crippen molar-refractivity contribution in [3.05, 3.63) is 188 Å². The number of anilines is 3. The van der Waals surface area contributed by atoms with E-state index in [9.17, 15) is 0 Å². The van der Waals surface area contributed by atoms with Gasteiger partial charge in [-0.25, -0.2) is 4.98 Å². The lowest BCUT2D eigenvalue weighted by atomic mass is 10.1. The molecule has 1 aliphatic heterocycles. The summed E-state index contributed by atoms with van der Waals surface area (Å²) in [6.45, 7) is 0. The molecule has 10 rings (SSSR count). The van der Waals surface area contributed by atoms with E-state index < -0.39 is 8.07 Å². The maximum atomic E-state index is 6.94. The maximum Gasteiger partial charge on any atom is 0.191 e. The van der Waals surface area contributed by atoms with Crippen molar-refractivity contribution in [3.8, 4) is 22.8 Å². The first kappa shape index (κ1) is 30.1. The van der Waals surface area contributed by atoms with Gasteiger partial charge in [-0.15, -0.1) is 0 Å². The number of benzene rings is 6. The number of furan rings is 1. The van der Waals surface area contributed by atoms with Crippen molar-refractivity contribution in [2.45, 2.75) is 0 Å². The van der Waals surface area contributed by atoms with Crippen molar-refractivity contribution in [1.29, 1.82) is 0 Å². The molecule has 0 bridgehead atoms. The lowest BCUT2D eigenvalue weighted by Crippen LogP contribution is -2.77. The van der Waals surface area contributed by atoms with E-state index in [1.165, 1.54) is 15.6 Å². The number of para-hydroxylation sites is 2. The van der Waals surface area contributed by atoms with Gasteiger partial charge in [-0.1, -0.05) is 121 Å². The van der Waals surface area contributed by atoms with Crippen LogP contribution >= 0.6 is 0 Å². The van der Waals surface area contributed by atoms with E-state index in [1.54, 1.807) is 6.20 Å². The molecule has 6 heteroatoms. The molecule has 0 radical (unpaired) electrons. The summed E-state index contributed by atoms with van der Waals surface area (Å²) in [6, 6.07) is 61.2. The summed E-state index contributed by atoms with van der Waals surface area (Å²) < 4.78 is 13.5. The average molecular weight is 686 g/mol. The number of hydrogen-bond donors (Lipinski definition) is 0. The molecule has 0 atom stereocenters. The van der Waals surface area contributed by atoms with Gasteiger partial charge in [-0.2, -0.15) is 0 Å².